The fourth-order valence-corrected chi connectivity index (χ4v) is 12.3. The number of para-hydroxylation sites is 4. The third kappa shape index (κ3) is 5.01. The first-order valence-electron chi connectivity index (χ1n) is 23.1. The lowest BCUT2D eigenvalue weighted by Crippen LogP contribution is -2.49. The minimum Gasteiger partial charge on any atom is -0.341 e. The number of fused-ring (bicyclic) bond motifs is 14. The van der Waals surface area contributed by atoms with E-state index in [2.05, 4.69) is 235 Å². The Morgan fingerprint density at radius 3 is 1.92 bits per heavy atom. The Bertz CT molecular complexity index is 3630. The van der Waals surface area contributed by atoms with Crippen LogP contribution in [0.5, 0.6) is 0 Å². The molecule has 66 heavy (non-hydrogen) atoms. The van der Waals surface area contributed by atoms with Crippen LogP contribution in [-0.4, -0.2) is 31.2 Å². The van der Waals surface area contributed by atoms with Crippen molar-refractivity contribution in [2.75, 3.05) is 9.80 Å². The molecule has 316 valence electrons. The van der Waals surface area contributed by atoms with E-state index in [1.807, 2.05) is 6.07 Å². The predicted octanol–water partition coefficient (Wildman–Crippen LogP) is 14.0. The van der Waals surface area contributed by atoms with Gasteiger partial charge >= 0.3 is 0 Å². The van der Waals surface area contributed by atoms with Gasteiger partial charge in [0.05, 0.1) is 40.2 Å². The number of anilines is 3. The fourth-order valence-electron chi connectivity index (χ4n) is 12.3. The molecule has 0 aliphatic carbocycles. The van der Waals surface area contributed by atoms with Gasteiger partial charge in [-0.3, -0.25) is 0 Å². The highest BCUT2D eigenvalue weighted by Gasteiger charge is 2.57. The summed E-state index contributed by atoms with van der Waals surface area (Å²) in [5.74, 6) is 0.700. The summed E-state index contributed by atoms with van der Waals surface area (Å²) in [6.45, 7) is 9.63. The van der Waals surface area contributed by atoms with Gasteiger partial charge in [-0.15, -0.1) is 0 Å². The molecule has 0 saturated carbocycles. The van der Waals surface area contributed by atoms with Gasteiger partial charge in [0.2, 0.25) is 0 Å². The summed E-state index contributed by atoms with van der Waals surface area (Å²) in [5.41, 5.74) is 19.6. The maximum atomic E-state index is 5.46. The summed E-state index contributed by atoms with van der Waals surface area (Å²) in [6, 6.07) is 66.4. The summed E-state index contributed by atoms with van der Waals surface area (Å²) in [5, 5.41) is 2.49. The zero-order valence-corrected chi connectivity index (χ0v) is 37.3. The first-order chi connectivity index (χ1) is 32.3. The number of hydrogen-bond donors (Lipinski definition) is 0. The van der Waals surface area contributed by atoms with Crippen molar-refractivity contribution in [3.8, 4) is 45.3 Å². The van der Waals surface area contributed by atoms with Crippen molar-refractivity contribution in [3.63, 3.8) is 0 Å². The molecule has 10 aromatic rings. The maximum absolute atomic E-state index is 5.46. The maximum Gasteiger partial charge on any atom is 0.160 e. The van der Waals surface area contributed by atoms with Gasteiger partial charge in [0.25, 0.3) is 0 Å². The van der Waals surface area contributed by atoms with Crippen molar-refractivity contribution in [1.82, 2.24) is 19.1 Å². The van der Waals surface area contributed by atoms with Gasteiger partial charge in [-0.1, -0.05) is 161 Å². The lowest BCUT2D eigenvalue weighted by molar-refractivity contribution is 0.421. The second-order valence-electron chi connectivity index (χ2n) is 19.5. The average molecular weight is 851 g/mol. The van der Waals surface area contributed by atoms with Gasteiger partial charge in [0.1, 0.15) is 0 Å². The highest BCUT2D eigenvalue weighted by atomic mass is 15.3. The highest BCUT2D eigenvalue weighted by molar-refractivity contribution is 6.12. The van der Waals surface area contributed by atoms with Gasteiger partial charge in [0, 0.05) is 90.3 Å². The molecule has 3 aromatic heterocycles. The molecular weight excluding hydrogens is 805 g/mol. The molecule has 7 aromatic carbocycles. The van der Waals surface area contributed by atoms with Gasteiger partial charge in [-0.05, 0) is 59.7 Å². The molecule has 0 N–H and O–H groups in total. The van der Waals surface area contributed by atoms with Crippen LogP contribution in [0.25, 0.3) is 72.7 Å². The molecule has 14 rings (SSSR count). The summed E-state index contributed by atoms with van der Waals surface area (Å²) < 4.78 is 5.00. The molecule has 4 aliphatic rings. The van der Waals surface area contributed by atoms with Gasteiger partial charge in [-0.2, -0.15) is 0 Å². The normalized spacial score (nSPS) is 18.0. The summed E-state index contributed by atoms with van der Waals surface area (Å²) in [4.78, 5) is 15.9. The molecule has 0 saturated heterocycles. The first-order valence-corrected chi connectivity index (χ1v) is 23.1. The fraction of sp³-hybridized carbons (Fsp3) is 0.133. The van der Waals surface area contributed by atoms with E-state index in [9.17, 15) is 0 Å². The van der Waals surface area contributed by atoms with Crippen LogP contribution in [0, 0.1) is 0 Å². The highest BCUT2D eigenvalue weighted by Crippen LogP contribution is 2.59. The van der Waals surface area contributed by atoms with Crippen molar-refractivity contribution in [2.45, 2.75) is 50.6 Å². The molecule has 2 unspecified atom stereocenters. The summed E-state index contributed by atoms with van der Waals surface area (Å²) in [6.07, 6.45) is 4.83. The van der Waals surface area contributed by atoms with E-state index in [1.54, 1.807) is 0 Å². The molecule has 2 atom stereocenters. The number of rotatable bonds is 5. The molecular formula is C60H46N6. The minimum absolute atomic E-state index is 0.0617. The molecule has 7 heterocycles. The molecule has 0 fully saturated rings. The van der Waals surface area contributed by atoms with Gasteiger partial charge in [0.15, 0.2) is 5.82 Å². The van der Waals surface area contributed by atoms with Gasteiger partial charge in [-0.25, -0.2) is 9.97 Å². The standard InChI is InChI=1S/C60H46N6/c1-59(2)46-25-13-17-29-52(46)63-35-44-42-23-11-15-27-50(42)65(54(44)56(59)63)40-31-39(49-34-48(37-19-7-5-8-20-37)61-58(62-49)38-21-9-6-10-22-38)32-41(33-40)66-51-28-16-12-24-43(51)45-36-64-53-30-18-14-26-47(53)60(3,4)57(64)55(45)66/h5-36,54,56H,1-4H3. The second-order valence-corrected chi connectivity index (χ2v) is 19.5. The number of benzene rings is 7. The van der Waals surface area contributed by atoms with E-state index in [0.717, 1.165) is 39.5 Å². The van der Waals surface area contributed by atoms with Crippen LogP contribution in [0.3, 0.4) is 0 Å². The molecule has 0 amide bonds. The Balaban J connectivity index is 1.07. The molecule has 6 heteroatoms. The average Bonchev–Trinajstić information content (AvgIpc) is 4.17. The van der Waals surface area contributed by atoms with Crippen molar-refractivity contribution in [1.29, 1.82) is 0 Å². The Labute approximate surface area is 384 Å². The summed E-state index contributed by atoms with van der Waals surface area (Å²) >= 11 is 0. The van der Waals surface area contributed by atoms with E-state index >= 15 is 0 Å². The largest absolute Gasteiger partial charge is 0.341 e. The second kappa shape index (κ2) is 13.3. The third-order valence-electron chi connectivity index (χ3n) is 15.2. The van der Waals surface area contributed by atoms with Gasteiger partial charge < -0.3 is 18.9 Å². The van der Waals surface area contributed by atoms with Crippen LogP contribution in [0.1, 0.15) is 50.1 Å². The minimum atomic E-state index is -0.239. The first kappa shape index (κ1) is 37.4. The monoisotopic (exact) mass is 850 g/mol. The van der Waals surface area contributed by atoms with E-state index in [0.29, 0.717) is 5.82 Å². The topological polar surface area (TPSA) is 42.1 Å². The molecule has 0 spiro atoms. The lowest BCUT2D eigenvalue weighted by atomic mass is 9.76. The lowest BCUT2D eigenvalue weighted by Gasteiger charge is -2.39. The van der Waals surface area contributed by atoms with E-state index in [1.165, 1.54) is 66.8 Å². The number of aromatic nitrogens is 4. The third-order valence-corrected chi connectivity index (χ3v) is 15.2. The van der Waals surface area contributed by atoms with E-state index in [-0.39, 0.29) is 22.9 Å². The Hall–Kier alpha value is -7.96. The van der Waals surface area contributed by atoms with Crippen LogP contribution >= 0.6 is 0 Å². The predicted molar refractivity (Wildman–Crippen MR) is 270 cm³/mol. The molecule has 0 radical (unpaired) electrons. The smallest absolute Gasteiger partial charge is 0.160 e. The van der Waals surface area contributed by atoms with Crippen LogP contribution in [0.15, 0.2) is 194 Å². The molecule has 4 aliphatic heterocycles. The number of nitrogens with zero attached hydrogens (tertiary/aromatic N) is 6. The zero-order chi connectivity index (χ0) is 44.1. The quantitative estimate of drug-likeness (QED) is 0.173. The van der Waals surface area contributed by atoms with Crippen LogP contribution in [0.4, 0.5) is 17.1 Å². The van der Waals surface area contributed by atoms with E-state index < -0.39 is 0 Å². The molecule has 6 nitrogen and oxygen atoms in total. The van der Waals surface area contributed by atoms with Crippen molar-refractivity contribution in [3.05, 3.63) is 217 Å². The summed E-state index contributed by atoms with van der Waals surface area (Å²) in [7, 11) is 0. The Morgan fingerprint density at radius 2 is 1.14 bits per heavy atom. The van der Waals surface area contributed by atoms with Crippen molar-refractivity contribution >= 4 is 44.4 Å². The SMILES string of the molecule is CC1(C)c2ccccc2-n2cc3c4ccccc4n(-c4cc(-c5cc(-c6ccccc6)nc(-c6ccccc6)n5)cc(N5c6ccccc6C6=CN7c8ccccc8C(C)(C)C7C65)c4)c3c21. The van der Waals surface area contributed by atoms with Crippen LogP contribution in [0.2, 0.25) is 0 Å². The zero-order valence-electron chi connectivity index (χ0n) is 37.3. The Kier molecular flexibility index (Phi) is 7.54. The molecule has 0 bridgehead atoms. The van der Waals surface area contributed by atoms with Crippen molar-refractivity contribution < 1.29 is 0 Å². The van der Waals surface area contributed by atoms with E-state index in [4.69, 9.17) is 9.97 Å². The van der Waals surface area contributed by atoms with Crippen LogP contribution < -0.4 is 9.80 Å². The number of hydrogen-bond acceptors (Lipinski definition) is 4. The Morgan fingerprint density at radius 1 is 0.515 bits per heavy atom. The van der Waals surface area contributed by atoms with Crippen LogP contribution in [-0.2, 0) is 10.8 Å². The van der Waals surface area contributed by atoms with Crippen molar-refractivity contribution in [2.24, 2.45) is 0 Å².